The minimum absolute atomic E-state index is 0.0365. The molecule has 94 valence electrons. The number of halogens is 1. The molecular formula is C13H13FN2O2. The number of ketones is 1. The summed E-state index contributed by atoms with van der Waals surface area (Å²) in [4.78, 5) is 25.4. The fourth-order valence-electron chi connectivity index (χ4n) is 2.66. The topological polar surface area (TPSA) is 49.4 Å². The highest BCUT2D eigenvalue weighted by Gasteiger charge is 2.40. The van der Waals surface area contributed by atoms with E-state index in [2.05, 4.69) is 5.32 Å². The van der Waals surface area contributed by atoms with E-state index >= 15 is 0 Å². The lowest BCUT2D eigenvalue weighted by molar-refractivity contribution is -0.114. The molecule has 0 radical (unpaired) electrons. The molecule has 1 N–H and O–H groups in total. The zero-order valence-electron chi connectivity index (χ0n) is 9.78. The second kappa shape index (κ2) is 4.17. The van der Waals surface area contributed by atoms with Crippen molar-refractivity contribution in [2.75, 3.05) is 18.0 Å². The summed E-state index contributed by atoms with van der Waals surface area (Å²) in [6.07, 6.45) is 1.63. The number of piperidine rings is 1. The SMILES string of the molecule is O=C1C(=O)N(C2CCNCC2)c2ccc(F)cc21. The monoisotopic (exact) mass is 248 g/mol. The Hall–Kier alpha value is -1.75. The lowest BCUT2D eigenvalue weighted by Crippen LogP contribution is -2.45. The Kier molecular flexibility index (Phi) is 2.63. The fraction of sp³-hybridized carbons (Fsp3) is 0.385. The number of Topliss-reactive ketones (excluding diaryl/α,β-unsaturated/α-hetero) is 1. The van der Waals surface area contributed by atoms with Crippen molar-refractivity contribution in [1.82, 2.24) is 5.32 Å². The Morgan fingerprint density at radius 1 is 1.22 bits per heavy atom. The van der Waals surface area contributed by atoms with Crippen LogP contribution in [0.2, 0.25) is 0 Å². The lowest BCUT2D eigenvalue weighted by atomic mass is 10.0. The van der Waals surface area contributed by atoms with Crippen LogP contribution in [0.25, 0.3) is 0 Å². The molecule has 18 heavy (non-hydrogen) atoms. The first-order chi connectivity index (χ1) is 8.68. The van der Waals surface area contributed by atoms with Gasteiger partial charge in [0.2, 0.25) is 0 Å². The summed E-state index contributed by atoms with van der Waals surface area (Å²) in [6.45, 7) is 1.67. The summed E-state index contributed by atoms with van der Waals surface area (Å²) >= 11 is 0. The number of nitrogens with zero attached hydrogens (tertiary/aromatic N) is 1. The van der Waals surface area contributed by atoms with Gasteiger partial charge in [-0.1, -0.05) is 0 Å². The molecule has 3 rings (SSSR count). The Balaban J connectivity index is 2.01. The first kappa shape index (κ1) is 11.3. The second-order valence-electron chi connectivity index (χ2n) is 4.65. The average molecular weight is 248 g/mol. The average Bonchev–Trinajstić information content (AvgIpc) is 2.64. The minimum atomic E-state index is -0.594. The van der Waals surface area contributed by atoms with E-state index < -0.39 is 17.5 Å². The third-order valence-corrected chi connectivity index (χ3v) is 3.55. The van der Waals surface area contributed by atoms with Gasteiger partial charge in [0, 0.05) is 6.04 Å². The van der Waals surface area contributed by atoms with Crippen molar-refractivity contribution in [2.24, 2.45) is 0 Å². The lowest BCUT2D eigenvalue weighted by Gasteiger charge is -2.31. The first-order valence-electron chi connectivity index (χ1n) is 6.06. The second-order valence-corrected chi connectivity index (χ2v) is 4.65. The minimum Gasteiger partial charge on any atom is -0.317 e. The Morgan fingerprint density at radius 3 is 2.67 bits per heavy atom. The number of hydrogen-bond donors (Lipinski definition) is 1. The number of nitrogens with one attached hydrogen (secondary N) is 1. The number of carbonyl (C=O) groups is 2. The van der Waals surface area contributed by atoms with Crippen LogP contribution in [0.15, 0.2) is 18.2 Å². The molecule has 1 amide bonds. The highest BCUT2D eigenvalue weighted by molar-refractivity contribution is 6.52. The molecule has 1 aromatic carbocycles. The number of hydrogen-bond acceptors (Lipinski definition) is 3. The third-order valence-electron chi connectivity index (χ3n) is 3.55. The van der Waals surface area contributed by atoms with E-state index in [0.717, 1.165) is 32.0 Å². The zero-order valence-corrected chi connectivity index (χ0v) is 9.78. The van der Waals surface area contributed by atoms with Crippen LogP contribution >= 0.6 is 0 Å². The van der Waals surface area contributed by atoms with Gasteiger partial charge in [-0.3, -0.25) is 9.59 Å². The van der Waals surface area contributed by atoms with E-state index in [4.69, 9.17) is 0 Å². The molecule has 4 nitrogen and oxygen atoms in total. The molecule has 2 aliphatic rings. The molecular weight excluding hydrogens is 235 g/mol. The molecule has 0 saturated carbocycles. The zero-order chi connectivity index (χ0) is 12.7. The van der Waals surface area contributed by atoms with Gasteiger partial charge < -0.3 is 10.2 Å². The van der Waals surface area contributed by atoms with Gasteiger partial charge in [0.1, 0.15) is 5.82 Å². The van der Waals surface area contributed by atoms with Crippen molar-refractivity contribution < 1.29 is 14.0 Å². The van der Waals surface area contributed by atoms with Gasteiger partial charge in [-0.2, -0.15) is 0 Å². The van der Waals surface area contributed by atoms with Crippen molar-refractivity contribution in [2.45, 2.75) is 18.9 Å². The molecule has 1 aromatic rings. The van der Waals surface area contributed by atoms with Gasteiger partial charge in [0.25, 0.3) is 11.7 Å². The van der Waals surface area contributed by atoms with Gasteiger partial charge in [-0.25, -0.2) is 4.39 Å². The predicted octanol–water partition coefficient (Wildman–Crippen LogP) is 1.11. The van der Waals surface area contributed by atoms with E-state index in [0.29, 0.717) is 5.69 Å². The molecule has 0 unspecified atom stereocenters. The van der Waals surface area contributed by atoms with Gasteiger partial charge in [-0.15, -0.1) is 0 Å². The Bertz CT molecular complexity index is 524. The van der Waals surface area contributed by atoms with Gasteiger partial charge >= 0.3 is 0 Å². The van der Waals surface area contributed by atoms with Gasteiger partial charge in [0.05, 0.1) is 11.3 Å². The smallest absolute Gasteiger partial charge is 0.299 e. The van der Waals surface area contributed by atoms with Crippen LogP contribution in [0.5, 0.6) is 0 Å². The van der Waals surface area contributed by atoms with Crippen molar-refractivity contribution in [3.8, 4) is 0 Å². The summed E-state index contributed by atoms with van der Waals surface area (Å²) in [7, 11) is 0. The number of rotatable bonds is 1. The largest absolute Gasteiger partial charge is 0.317 e. The Labute approximate surface area is 104 Å². The summed E-state index contributed by atoms with van der Waals surface area (Å²) in [5.74, 6) is -1.60. The van der Waals surface area contributed by atoms with E-state index in [1.807, 2.05) is 0 Å². The van der Waals surface area contributed by atoms with Crippen molar-refractivity contribution in [3.05, 3.63) is 29.6 Å². The highest BCUT2D eigenvalue weighted by Crippen LogP contribution is 2.33. The first-order valence-corrected chi connectivity index (χ1v) is 6.06. The Morgan fingerprint density at radius 2 is 1.94 bits per heavy atom. The number of carbonyl (C=O) groups excluding carboxylic acids is 2. The maximum absolute atomic E-state index is 13.1. The molecule has 0 aromatic heterocycles. The maximum Gasteiger partial charge on any atom is 0.299 e. The molecule has 0 bridgehead atoms. The van der Waals surface area contributed by atoms with E-state index in [1.54, 1.807) is 0 Å². The van der Waals surface area contributed by atoms with Crippen LogP contribution < -0.4 is 10.2 Å². The highest BCUT2D eigenvalue weighted by atomic mass is 19.1. The quantitative estimate of drug-likeness (QED) is 0.757. The van der Waals surface area contributed by atoms with Crippen LogP contribution in [0.3, 0.4) is 0 Å². The summed E-state index contributed by atoms with van der Waals surface area (Å²) in [5, 5.41) is 3.21. The van der Waals surface area contributed by atoms with Gasteiger partial charge in [-0.05, 0) is 44.1 Å². The van der Waals surface area contributed by atoms with E-state index in [-0.39, 0.29) is 11.6 Å². The third kappa shape index (κ3) is 1.62. The molecule has 0 spiro atoms. The van der Waals surface area contributed by atoms with E-state index in [9.17, 15) is 14.0 Å². The van der Waals surface area contributed by atoms with Crippen molar-refractivity contribution in [3.63, 3.8) is 0 Å². The summed E-state index contributed by atoms with van der Waals surface area (Å²) in [5.41, 5.74) is 0.747. The fourth-order valence-corrected chi connectivity index (χ4v) is 2.66. The van der Waals surface area contributed by atoms with Crippen LogP contribution in [0, 0.1) is 5.82 Å². The van der Waals surface area contributed by atoms with Crippen LogP contribution in [0.4, 0.5) is 10.1 Å². The molecule has 2 heterocycles. The molecule has 0 aliphatic carbocycles. The van der Waals surface area contributed by atoms with E-state index in [1.165, 1.54) is 17.0 Å². The predicted molar refractivity (Wildman–Crippen MR) is 64.1 cm³/mol. The molecule has 2 aliphatic heterocycles. The number of anilines is 1. The van der Waals surface area contributed by atoms with Gasteiger partial charge in [0.15, 0.2) is 0 Å². The van der Waals surface area contributed by atoms with Crippen molar-refractivity contribution in [1.29, 1.82) is 0 Å². The van der Waals surface area contributed by atoms with Crippen LogP contribution in [0.1, 0.15) is 23.2 Å². The summed E-state index contributed by atoms with van der Waals surface area (Å²) < 4.78 is 13.1. The number of fused-ring (bicyclic) bond motifs is 1. The van der Waals surface area contributed by atoms with Crippen LogP contribution in [-0.2, 0) is 4.79 Å². The standard InChI is InChI=1S/C13H13FN2O2/c14-8-1-2-11-10(7-8)12(17)13(18)16(11)9-3-5-15-6-4-9/h1-2,7,9,15H,3-6H2. The molecule has 5 heteroatoms. The molecule has 0 atom stereocenters. The molecule has 1 saturated heterocycles. The molecule has 1 fully saturated rings. The maximum atomic E-state index is 13.1. The van der Waals surface area contributed by atoms with Crippen LogP contribution in [-0.4, -0.2) is 30.8 Å². The number of amides is 1. The number of benzene rings is 1. The summed E-state index contributed by atoms with van der Waals surface area (Å²) in [6, 6.07) is 4.00. The normalized spacial score (nSPS) is 20.4. The van der Waals surface area contributed by atoms with Crippen molar-refractivity contribution >= 4 is 17.4 Å².